The number of nitrogens with one attached hydrogen (secondary N) is 1. The van der Waals surface area contributed by atoms with Gasteiger partial charge in [0, 0.05) is 44.8 Å². The van der Waals surface area contributed by atoms with Crippen molar-refractivity contribution in [1.82, 2.24) is 9.88 Å². The Morgan fingerprint density at radius 1 is 1.10 bits per heavy atom. The van der Waals surface area contributed by atoms with Crippen molar-refractivity contribution >= 4 is 29.4 Å². The Bertz CT molecular complexity index is 1310. The van der Waals surface area contributed by atoms with E-state index in [1.807, 2.05) is 36.1 Å². The molecule has 3 saturated heterocycles. The Morgan fingerprint density at radius 3 is 2.50 bits per heavy atom. The van der Waals surface area contributed by atoms with Gasteiger partial charge in [0.25, 0.3) is 0 Å². The Morgan fingerprint density at radius 2 is 1.81 bits per heavy atom. The number of urea groups is 1. The van der Waals surface area contributed by atoms with Gasteiger partial charge in [0.2, 0.25) is 0 Å². The van der Waals surface area contributed by atoms with Gasteiger partial charge in [-0.05, 0) is 60.2 Å². The van der Waals surface area contributed by atoms with Crippen LogP contribution in [0.15, 0.2) is 30.3 Å². The lowest BCUT2D eigenvalue weighted by Crippen LogP contribution is -2.37. The Balaban J connectivity index is 1.40. The van der Waals surface area contributed by atoms with Crippen LogP contribution in [0.2, 0.25) is 0 Å². The first-order valence-electron chi connectivity index (χ1n) is 13.9. The predicted molar refractivity (Wildman–Crippen MR) is 149 cm³/mol. The number of β-amino-alcohol motifs (C(OH)–C–C–N with tert-alkyl or cyclic N) is 1. The number of aryl methyl sites for hydroxylation is 1. The summed E-state index contributed by atoms with van der Waals surface area (Å²) in [5.74, 6) is 0.682. The van der Waals surface area contributed by atoms with E-state index < -0.39 is 42.8 Å². The van der Waals surface area contributed by atoms with Gasteiger partial charge in [-0.25, -0.2) is 14.6 Å². The molecule has 3 aliphatic heterocycles. The van der Waals surface area contributed by atoms with Crippen LogP contribution in [0, 0.1) is 12.8 Å². The summed E-state index contributed by atoms with van der Waals surface area (Å²) in [5, 5.41) is 13.3. The zero-order chi connectivity index (χ0) is 30.0. The highest BCUT2D eigenvalue weighted by atomic mass is 19.4. The van der Waals surface area contributed by atoms with Crippen LogP contribution in [0.5, 0.6) is 0 Å². The molecule has 228 valence electrons. The fourth-order valence-corrected chi connectivity index (χ4v) is 5.71. The van der Waals surface area contributed by atoms with Gasteiger partial charge in [-0.2, -0.15) is 13.2 Å². The second-order valence-electron chi connectivity index (χ2n) is 11.0. The molecule has 4 heterocycles. The van der Waals surface area contributed by atoms with E-state index in [0.717, 1.165) is 16.7 Å². The molecule has 5 rings (SSSR count). The van der Waals surface area contributed by atoms with Crippen molar-refractivity contribution in [3.8, 4) is 11.1 Å². The van der Waals surface area contributed by atoms with E-state index in [1.165, 1.54) is 4.90 Å². The topological polar surface area (TPSA) is 133 Å². The lowest BCUT2D eigenvalue weighted by atomic mass is 10.00. The molecule has 0 aliphatic carbocycles. The van der Waals surface area contributed by atoms with Crippen molar-refractivity contribution in [3.05, 3.63) is 35.9 Å². The van der Waals surface area contributed by atoms with E-state index in [2.05, 4.69) is 10.2 Å². The first-order valence-corrected chi connectivity index (χ1v) is 13.9. The summed E-state index contributed by atoms with van der Waals surface area (Å²) in [4.78, 5) is 34.4. The number of ether oxygens (including phenoxy) is 2. The van der Waals surface area contributed by atoms with Crippen LogP contribution < -0.4 is 20.9 Å². The maximum Gasteiger partial charge on any atom is 0.404 e. The standard InChI is InChI=1S/C28H35F3N6O5/c1-17-2-3-20(33-27(40)36-5-4-18(14-36)13-28(29,30)31)12-21(17)19-10-24(35-6-8-41-9-7-35)34-25(11-19)37-15-22(38)23(16-37)42-26(32)39/h2-3,10-12,18,22-23,38H,4-9,13-16H2,1H3,(H2,32,39)(H,33,40)/t18?,22-,23-/m0/s1. The second-order valence-corrected chi connectivity index (χ2v) is 11.0. The number of pyridine rings is 1. The molecule has 0 radical (unpaired) electrons. The number of hydrogen-bond donors (Lipinski definition) is 3. The average Bonchev–Trinajstić information content (AvgIpc) is 3.55. The second kappa shape index (κ2) is 12.2. The molecule has 3 fully saturated rings. The third-order valence-corrected chi connectivity index (χ3v) is 7.85. The van der Waals surface area contributed by atoms with Crippen LogP contribution in [-0.2, 0) is 9.47 Å². The summed E-state index contributed by atoms with van der Waals surface area (Å²) in [5.41, 5.74) is 8.26. The molecule has 11 nitrogen and oxygen atoms in total. The van der Waals surface area contributed by atoms with Crippen LogP contribution in [0.25, 0.3) is 11.1 Å². The molecular weight excluding hydrogens is 557 g/mol. The number of nitrogens with zero attached hydrogens (tertiary/aromatic N) is 4. The van der Waals surface area contributed by atoms with Crippen molar-refractivity contribution in [3.63, 3.8) is 0 Å². The summed E-state index contributed by atoms with van der Waals surface area (Å²) in [6.45, 7) is 5.07. The summed E-state index contributed by atoms with van der Waals surface area (Å²) < 4.78 is 49.0. The van der Waals surface area contributed by atoms with Crippen LogP contribution in [0.1, 0.15) is 18.4 Å². The number of rotatable bonds is 6. The minimum absolute atomic E-state index is 0.0584. The van der Waals surface area contributed by atoms with Gasteiger partial charge in [0.1, 0.15) is 23.8 Å². The van der Waals surface area contributed by atoms with Gasteiger partial charge in [0.05, 0.1) is 19.8 Å². The van der Waals surface area contributed by atoms with Crippen LogP contribution in [0.3, 0.4) is 0 Å². The highest BCUT2D eigenvalue weighted by Gasteiger charge is 2.37. The van der Waals surface area contributed by atoms with Gasteiger partial charge >= 0.3 is 18.3 Å². The quantitative estimate of drug-likeness (QED) is 0.465. The molecule has 14 heteroatoms. The maximum absolute atomic E-state index is 12.9. The number of likely N-dealkylation sites (tertiary alicyclic amines) is 1. The molecule has 0 bridgehead atoms. The highest BCUT2D eigenvalue weighted by molar-refractivity contribution is 5.91. The molecule has 3 aliphatic rings. The lowest BCUT2D eigenvalue weighted by molar-refractivity contribution is -0.143. The van der Waals surface area contributed by atoms with Crippen molar-refractivity contribution in [2.24, 2.45) is 11.7 Å². The number of carbonyl (C=O) groups is 2. The number of anilines is 3. The number of aliphatic hydroxyl groups is 1. The molecule has 2 aromatic rings. The molecule has 4 N–H and O–H groups in total. The highest BCUT2D eigenvalue weighted by Crippen LogP contribution is 2.34. The lowest BCUT2D eigenvalue weighted by Gasteiger charge is -2.29. The molecule has 0 spiro atoms. The number of aromatic nitrogens is 1. The first kappa shape index (κ1) is 29.7. The monoisotopic (exact) mass is 592 g/mol. The number of alkyl halides is 3. The van der Waals surface area contributed by atoms with Crippen molar-refractivity contribution in [1.29, 1.82) is 0 Å². The zero-order valence-electron chi connectivity index (χ0n) is 23.3. The van der Waals surface area contributed by atoms with Gasteiger partial charge < -0.3 is 40.3 Å². The van der Waals surface area contributed by atoms with E-state index in [0.29, 0.717) is 50.0 Å². The number of hydrogen-bond acceptors (Lipinski definition) is 8. The fraction of sp³-hybridized carbons (Fsp3) is 0.536. The van der Waals surface area contributed by atoms with Gasteiger partial charge in [0.15, 0.2) is 0 Å². The average molecular weight is 593 g/mol. The molecule has 42 heavy (non-hydrogen) atoms. The summed E-state index contributed by atoms with van der Waals surface area (Å²) >= 11 is 0. The van der Waals surface area contributed by atoms with Gasteiger partial charge in [-0.1, -0.05) is 6.07 Å². The van der Waals surface area contributed by atoms with E-state index in [1.54, 1.807) is 6.07 Å². The van der Waals surface area contributed by atoms with E-state index in [-0.39, 0.29) is 26.2 Å². The number of primary amides is 1. The number of nitrogens with two attached hydrogens (primary N) is 1. The summed E-state index contributed by atoms with van der Waals surface area (Å²) in [6, 6.07) is 8.84. The SMILES string of the molecule is Cc1ccc(NC(=O)N2CCC(CC(F)(F)F)C2)cc1-c1cc(N2CCOCC2)nc(N2C[C@H](OC(N)=O)[C@@H](O)C2)c1. The minimum Gasteiger partial charge on any atom is -0.442 e. The molecule has 1 aromatic carbocycles. The number of aliphatic hydroxyl groups excluding tert-OH is 1. The predicted octanol–water partition coefficient (Wildman–Crippen LogP) is 3.34. The fourth-order valence-electron chi connectivity index (χ4n) is 5.71. The minimum atomic E-state index is -4.25. The molecule has 3 atom stereocenters. The summed E-state index contributed by atoms with van der Waals surface area (Å²) in [7, 11) is 0. The summed E-state index contributed by atoms with van der Waals surface area (Å²) in [6.07, 6.45) is -7.53. The zero-order valence-corrected chi connectivity index (χ0v) is 23.3. The number of morpholine rings is 1. The van der Waals surface area contributed by atoms with Crippen molar-refractivity contribution in [2.45, 2.75) is 38.1 Å². The Labute approximate surface area is 241 Å². The van der Waals surface area contributed by atoms with E-state index in [9.17, 15) is 27.9 Å². The third kappa shape index (κ3) is 7.16. The Kier molecular flexibility index (Phi) is 8.64. The van der Waals surface area contributed by atoms with E-state index >= 15 is 0 Å². The number of amides is 3. The third-order valence-electron chi connectivity index (χ3n) is 7.85. The Hall–Kier alpha value is -3.78. The van der Waals surface area contributed by atoms with E-state index in [4.69, 9.17) is 20.2 Å². The molecule has 0 saturated carbocycles. The number of halogens is 3. The molecule has 3 amide bonds. The largest absolute Gasteiger partial charge is 0.442 e. The first-order chi connectivity index (χ1) is 19.9. The van der Waals surface area contributed by atoms with Crippen molar-refractivity contribution < 1.29 is 37.3 Å². The van der Waals surface area contributed by atoms with Gasteiger partial charge in [-0.3, -0.25) is 0 Å². The molecule has 1 unspecified atom stereocenters. The smallest absolute Gasteiger partial charge is 0.404 e. The molecular formula is C28H35F3N6O5. The number of benzene rings is 1. The van der Waals surface area contributed by atoms with Gasteiger partial charge in [-0.15, -0.1) is 0 Å². The van der Waals surface area contributed by atoms with Crippen LogP contribution in [0.4, 0.5) is 40.1 Å². The number of carbonyl (C=O) groups excluding carboxylic acids is 2. The maximum atomic E-state index is 12.9. The molecule has 1 aromatic heterocycles. The van der Waals surface area contributed by atoms with Crippen LogP contribution in [-0.4, -0.2) is 98.0 Å². The van der Waals surface area contributed by atoms with Crippen LogP contribution >= 0.6 is 0 Å². The normalized spacial score (nSPS) is 22.9. The van der Waals surface area contributed by atoms with Crippen molar-refractivity contribution in [2.75, 3.05) is 67.6 Å².